The predicted octanol–water partition coefficient (Wildman–Crippen LogP) is 9.02. The van der Waals surface area contributed by atoms with Crippen LogP contribution in [0.3, 0.4) is 0 Å². The van der Waals surface area contributed by atoms with Crippen LogP contribution in [0, 0.1) is 6.92 Å². The van der Waals surface area contributed by atoms with Crippen LogP contribution < -0.4 is 0 Å². The number of nitrogens with one attached hydrogen (secondary N) is 2. The average Bonchev–Trinajstić information content (AvgIpc) is 3.80. The Morgan fingerprint density at radius 1 is 0.904 bits per heavy atom. The van der Waals surface area contributed by atoms with E-state index in [1.165, 1.54) is 12.0 Å². The number of ether oxygens (including phenoxy) is 2. The number of aryl methyl sites for hydroxylation is 1. The number of amides is 2. The van der Waals surface area contributed by atoms with Gasteiger partial charge in [-0.2, -0.15) is 0 Å². The number of esters is 1. The topological polar surface area (TPSA) is 130 Å². The highest BCUT2D eigenvalue weighted by atomic mass is 16.5. The largest absolute Gasteiger partial charge is 0.469 e. The Bertz CT molecular complexity index is 1990. The van der Waals surface area contributed by atoms with Crippen LogP contribution in [-0.4, -0.2) is 69.0 Å². The molecule has 10 nitrogen and oxygen atoms in total. The number of nitrogens with zero attached hydrogens (tertiary/aromatic N) is 3. The Morgan fingerprint density at radius 2 is 1.63 bits per heavy atom. The highest BCUT2D eigenvalue weighted by molar-refractivity contribution is 6.23. The molecule has 2 aromatic heterocycles. The summed E-state index contributed by atoms with van der Waals surface area (Å²) in [6, 6.07) is 6.34. The number of imide groups is 1. The molecule has 6 rings (SSSR count). The zero-order valence-electron chi connectivity index (χ0n) is 32.4. The molecule has 4 aliphatic heterocycles. The number of fused-ring (bicyclic) bond motifs is 8. The molecule has 0 saturated carbocycles. The lowest BCUT2D eigenvalue weighted by atomic mass is 9.84. The zero-order chi connectivity index (χ0) is 37.4. The minimum absolute atomic E-state index is 0.138. The van der Waals surface area contributed by atoms with E-state index in [1.807, 2.05) is 19.9 Å². The van der Waals surface area contributed by atoms with E-state index in [0.717, 1.165) is 76.4 Å². The summed E-state index contributed by atoms with van der Waals surface area (Å²) in [4.78, 5) is 60.5. The normalized spacial score (nSPS) is 21.1. The van der Waals surface area contributed by atoms with Crippen molar-refractivity contribution in [2.45, 2.75) is 130 Å². The number of H-pyrrole nitrogens is 2. The maximum Gasteiger partial charge on any atom is 0.305 e. The Kier molecular flexibility index (Phi) is 11.1. The second-order valence-corrected chi connectivity index (χ2v) is 14.9. The number of carbonyl (C=O) groups is 3. The van der Waals surface area contributed by atoms with Gasteiger partial charge in [-0.25, -0.2) is 4.98 Å². The lowest BCUT2D eigenvalue weighted by Crippen LogP contribution is -2.41. The van der Waals surface area contributed by atoms with Crippen LogP contribution in [0.15, 0.2) is 18.2 Å². The standard InChI is InChI=1S/C42H55N5O5/c1-10-13-17-47-41(49)37-25(7)32-20-33-27(12-3)22(4)29(43-33)21-34-36(26(8)52-18-14-11-2)24(6)31(44-34)19-30-23(5)28(15-16-35(48)51-9)39(45-30)38(42(47)50)40(37)46-32/h19-23,26-28,43,46H,10-18H2,1-9H3. The number of methoxy groups -OCH3 is 1. The van der Waals surface area contributed by atoms with E-state index >= 15 is 0 Å². The molecular formula is C42H55N5O5. The highest BCUT2D eigenvalue weighted by Crippen LogP contribution is 2.45. The molecule has 0 aliphatic carbocycles. The van der Waals surface area contributed by atoms with E-state index in [4.69, 9.17) is 19.4 Å². The molecule has 0 fully saturated rings. The van der Waals surface area contributed by atoms with Gasteiger partial charge in [-0.3, -0.25) is 24.3 Å². The molecule has 278 valence electrons. The summed E-state index contributed by atoms with van der Waals surface area (Å²) in [6.07, 6.45) is 4.94. The minimum atomic E-state index is -0.350. The van der Waals surface area contributed by atoms with Gasteiger partial charge in [-0.1, -0.05) is 47.5 Å². The number of carbonyl (C=O) groups excluding carboxylic acids is 3. The molecule has 4 aliphatic rings. The summed E-state index contributed by atoms with van der Waals surface area (Å²) in [5.41, 5.74) is 10.3. The van der Waals surface area contributed by atoms with Gasteiger partial charge in [-0.05, 0) is 75.8 Å². The molecule has 0 spiro atoms. The van der Waals surface area contributed by atoms with Crippen molar-refractivity contribution in [3.05, 3.63) is 69.1 Å². The number of hydrogen-bond acceptors (Lipinski definition) is 7. The first-order chi connectivity index (χ1) is 24.9. The summed E-state index contributed by atoms with van der Waals surface area (Å²) in [5, 5.41) is 0. The molecule has 5 unspecified atom stereocenters. The van der Waals surface area contributed by atoms with Crippen LogP contribution in [0.1, 0.15) is 178 Å². The third-order valence-corrected chi connectivity index (χ3v) is 11.7. The van der Waals surface area contributed by atoms with E-state index in [9.17, 15) is 14.4 Å². The molecule has 10 heteroatoms. The Labute approximate surface area is 307 Å². The summed E-state index contributed by atoms with van der Waals surface area (Å²) in [6.45, 7) is 17.9. The molecule has 2 aromatic rings. The lowest BCUT2D eigenvalue weighted by Gasteiger charge is -2.27. The number of hydrogen-bond donors (Lipinski definition) is 2. The molecule has 5 atom stereocenters. The van der Waals surface area contributed by atoms with Gasteiger partial charge in [0.1, 0.15) is 0 Å². The first-order valence-electron chi connectivity index (χ1n) is 19.3. The molecule has 0 saturated heterocycles. The van der Waals surface area contributed by atoms with E-state index < -0.39 is 0 Å². The van der Waals surface area contributed by atoms with Crippen molar-refractivity contribution in [2.75, 3.05) is 20.3 Å². The smallest absolute Gasteiger partial charge is 0.305 e. The molecule has 2 N–H and O–H groups in total. The first kappa shape index (κ1) is 37.4. The average molecular weight is 710 g/mol. The van der Waals surface area contributed by atoms with Crippen LogP contribution in [0.4, 0.5) is 0 Å². The second kappa shape index (κ2) is 15.3. The fraction of sp³-hybridized carbons (Fsp3) is 0.548. The van der Waals surface area contributed by atoms with Gasteiger partial charge in [0.2, 0.25) is 0 Å². The van der Waals surface area contributed by atoms with Gasteiger partial charge in [0.15, 0.2) is 0 Å². The van der Waals surface area contributed by atoms with Gasteiger partial charge < -0.3 is 19.4 Å². The Hall–Kier alpha value is -4.31. The number of rotatable bonds is 12. The molecule has 52 heavy (non-hydrogen) atoms. The van der Waals surface area contributed by atoms with Crippen molar-refractivity contribution in [1.29, 1.82) is 0 Å². The maximum absolute atomic E-state index is 14.6. The quantitative estimate of drug-likeness (QED) is 0.128. The van der Waals surface area contributed by atoms with Crippen LogP contribution >= 0.6 is 0 Å². The van der Waals surface area contributed by atoms with Crippen molar-refractivity contribution in [1.82, 2.24) is 24.8 Å². The number of aromatic nitrogens is 4. The molecule has 2 amide bonds. The third kappa shape index (κ3) is 6.59. The van der Waals surface area contributed by atoms with E-state index in [0.29, 0.717) is 48.3 Å². The van der Waals surface area contributed by atoms with Crippen LogP contribution in [0.2, 0.25) is 0 Å². The first-order valence-corrected chi connectivity index (χ1v) is 19.3. The SMILES string of the molecule is CCCCOC(C)C1=C(C)c2cc3nc(c4c5[nH]c(cc6[nH]c(cc1n2)C(C)C6CC)c(C)c5C(=O)N(CCCC)C4=O)C(CCC(=O)OC)C3C. The van der Waals surface area contributed by atoms with Crippen molar-refractivity contribution in [3.63, 3.8) is 0 Å². The lowest BCUT2D eigenvalue weighted by molar-refractivity contribution is -0.140. The fourth-order valence-corrected chi connectivity index (χ4v) is 8.41. The summed E-state index contributed by atoms with van der Waals surface area (Å²) in [5.74, 6) is -0.941. The van der Waals surface area contributed by atoms with Gasteiger partial charge in [-0.15, -0.1) is 0 Å². The van der Waals surface area contributed by atoms with Crippen molar-refractivity contribution in [2.24, 2.45) is 0 Å². The second-order valence-electron chi connectivity index (χ2n) is 14.9. The zero-order valence-corrected chi connectivity index (χ0v) is 32.4. The molecule has 8 bridgehead atoms. The predicted molar refractivity (Wildman–Crippen MR) is 204 cm³/mol. The maximum atomic E-state index is 14.6. The van der Waals surface area contributed by atoms with Crippen molar-refractivity contribution >= 4 is 40.0 Å². The monoisotopic (exact) mass is 709 g/mol. The highest BCUT2D eigenvalue weighted by Gasteiger charge is 2.41. The van der Waals surface area contributed by atoms with Crippen LogP contribution in [0.25, 0.3) is 22.2 Å². The third-order valence-electron chi connectivity index (χ3n) is 11.7. The van der Waals surface area contributed by atoms with Gasteiger partial charge >= 0.3 is 5.97 Å². The minimum Gasteiger partial charge on any atom is -0.469 e. The van der Waals surface area contributed by atoms with Crippen molar-refractivity contribution < 1.29 is 23.9 Å². The Balaban J connectivity index is 1.72. The van der Waals surface area contributed by atoms with Gasteiger partial charge in [0.05, 0.1) is 46.9 Å². The molecular weight excluding hydrogens is 654 g/mol. The summed E-state index contributed by atoms with van der Waals surface area (Å²) < 4.78 is 11.4. The van der Waals surface area contributed by atoms with Gasteiger partial charge in [0.25, 0.3) is 11.8 Å². The summed E-state index contributed by atoms with van der Waals surface area (Å²) in [7, 11) is 1.39. The van der Waals surface area contributed by atoms with Gasteiger partial charge in [0, 0.05) is 71.4 Å². The fourth-order valence-electron chi connectivity index (χ4n) is 8.41. The molecule has 0 aromatic carbocycles. The van der Waals surface area contributed by atoms with E-state index in [2.05, 4.69) is 63.6 Å². The summed E-state index contributed by atoms with van der Waals surface area (Å²) >= 11 is 0. The number of unbranched alkanes of at least 4 members (excludes halogenated alkanes) is 2. The van der Waals surface area contributed by atoms with Crippen molar-refractivity contribution in [3.8, 4) is 0 Å². The molecule has 6 heterocycles. The molecule has 0 radical (unpaired) electrons. The van der Waals surface area contributed by atoms with E-state index in [-0.39, 0.29) is 54.0 Å². The number of allylic oxidation sites excluding steroid dienone is 1. The Morgan fingerprint density at radius 3 is 2.33 bits per heavy atom. The van der Waals surface area contributed by atoms with E-state index in [1.54, 1.807) is 0 Å². The van der Waals surface area contributed by atoms with Crippen LogP contribution in [0.5, 0.6) is 0 Å². The van der Waals surface area contributed by atoms with Crippen LogP contribution in [-0.2, 0) is 14.3 Å². The number of aromatic amines is 2.